The van der Waals surface area contributed by atoms with E-state index in [1.54, 1.807) is 0 Å². The molecule has 1 atom stereocenters. The van der Waals surface area contributed by atoms with Gasteiger partial charge in [0.2, 0.25) is 0 Å². The van der Waals surface area contributed by atoms with Crippen LogP contribution in [0.1, 0.15) is 32.3 Å². The zero-order valence-electron chi connectivity index (χ0n) is 11.1. The average Bonchev–Trinajstić information content (AvgIpc) is 2.43. The third-order valence-corrected chi connectivity index (χ3v) is 2.96. The van der Waals surface area contributed by atoms with Gasteiger partial charge >= 0.3 is 5.97 Å². The zero-order chi connectivity index (χ0) is 13.4. The molecule has 0 radical (unpaired) electrons. The van der Waals surface area contributed by atoms with E-state index in [0.29, 0.717) is 6.42 Å². The van der Waals surface area contributed by atoms with E-state index in [9.17, 15) is 4.79 Å². The van der Waals surface area contributed by atoms with Gasteiger partial charge in [-0.1, -0.05) is 44.2 Å². The molecule has 0 aliphatic heterocycles. The third-order valence-electron chi connectivity index (χ3n) is 2.96. The van der Waals surface area contributed by atoms with Gasteiger partial charge in [-0.05, 0) is 25.1 Å². The molecule has 0 unspecified atom stereocenters. The van der Waals surface area contributed by atoms with Gasteiger partial charge in [-0.3, -0.25) is 4.99 Å². The van der Waals surface area contributed by atoms with E-state index >= 15 is 0 Å². The minimum atomic E-state index is -0.506. The highest BCUT2D eigenvalue weighted by Gasteiger charge is 2.21. The van der Waals surface area contributed by atoms with Crippen molar-refractivity contribution < 1.29 is 9.53 Å². The molecule has 0 aromatic heterocycles. The van der Waals surface area contributed by atoms with Gasteiger partial charge in [0.15, 0.2) is 6.04 Å². The number of carbonyl (C=O) groups is 1. The second kappa shape index (κ2) is 7.64. The van der Waals surface area contributed by atoms with Crippen molar-refractivity contribution in [2.75, 3.05) is 0 Å². The number of hydrogen-bond donors (Lipinski definition) is 0. The van der Waals surface area contributed by atoms with Crippen molar-refractivity contribution in [3.63, 3.8) is 0 Å². The van der Waals surface area contributed by atoms with Crippen LogP contribution in [-0.2, 0) is 16.0 Å². The summed E-state index contributed by atoms with van der Waals surface area (Å²) in [6.07, 6.45) is 2.19. The van der Waals surface area contributed by atoms with E-state index in [0.717, 1.165) is 18.4 Å². The van der Waals surface area contributed by atoms with E-state index in [2.05, 4.69) is 11.7 Å². The molecule has 1 rings (SSSR count). The summed E-state index contributed by atoms with van der Waals surface area (Å²) >= 11 is 0. The summed E-state index contributed by atoms with van der Waals surface area (Å²) < 4.78 is 5.40. The van der Waals surface area contributed by atoms with E-state index < -0.39 is 6.04 Å². The SMILES string of the molecule is C=N[C@@H](Cc1ccccc1)C(=O)OC(CC)CC. The summed E-state index contributed by atoms with van der Waals surface area (Å²) in [4.78, 5) is 15.8. The van der Waals surface area contributed by atoms with E-state index in [-0.39, 0.29) is 12.1 Å². The fourth-order valence-corrected chi connectivity index (χ4v) is 1.76. The highest BCUT2D eigenvalue weighted by atomic mass is 16.5. The van der Waals surface area contributed by atoms with Crippen molar-refractivity contribution in [2.45, 2.75) is 45.3 Å². The Morgan fingerprint density at radius 1 is 1.28 bits per heavy atom. The summed E-state index contributed by atoms with van der Waals surface area (Å²) in [6.45, 7) is 7.50. The molecule has 0 saturated heterocycles. The Balaban J connectivity index is 2.60. The van der Waals surface area contributed by atoms with Gasteiger partial charge in [-0.15, -0.1) is 0 Å². The first-order valence-electron chi connectivity index (χ1n) is 6.41. The van der Waals surface area contributed by atoms with Gasteiger partial charge in [0.05, 0.1) is 0 Å². The molecule has 98 valence electrons. The van der Waals surface area contributed by atoms with Crippen LogP contribution in [0, 0.1) is 0 Å². The number of esters is 1. The van der Waals surface area contributed by atoms with Gasteiger partial charge in [-0.25, -0.2) is 4.79 Å². The summed E-state index contributed by atoms with van der Waals surface area (Å²) in [5.41, 5.74) is 1.07. The summed E-state index contributed by atoms with van der Waals surface area (Å²) in [5, 5.41) is 0. The molecular formula is C15H21NO2. The fraction of sp³-hybridized carbons (Fsp3) is 0.467. The topological polar surface area (TPSA) is 38.7 Å². The van der Waals surface area contributed by atoms with Crippen LogP contribution in [0.25, 0.3) is 0 Å². The maximum atomic E-state index is 12.0. The van der Waals surface area contributed by atoms with Crippen LogP contribution < -0.4 is 0 Å². The van der Waals surface area contributed by atoms with Crippen LogP contribution >= 0.6 is 0 Å². The summed E-state index contributed by atoms with van der Waals surface area (Å²) in [5.74, 6) is -0.275. The molecule has 0 spiro atoms. The van der Waals surface area contributed by atoms with Crippen LogP contribution in [-0.4, -0.2) is 24.8 Å². The first kappa shape index (κ1) is 14.4. The molecule has 0 aliphatic rings. The van der Waals surface area contributed by atoms with Gasteiger partial charge < -0.3 is 4.74 Å². The molecule has 3 heteroatoms. The quantitative estimate of drug-likeness (QED) is 0.548. The second-order valence-electron chi connectivity index (χ2n) is 4.26. The highest BCUT2D eigenvalue weighted by Crippen LogP contribution is 2.10. The van der Waals surface area contributed by atoms with Gasteiger partial charge in [0.1, 0.15) is 6.10 Å². The monoisotopic (exact) mass is 247 g/mol. The van der Waals surface area contributed by atoms with Crippen molar-refractivity contribution in [1.29, 1.82) is 0 Å². The van der Waals surface area contributed by atoms with Gasteiger partial charge in [-0.2, -0.15) is 0 Å². The van der Waals surface area contributed by atoms with E-state index in [4.69, 9.17) is 4.74 Å². The number of ether oxygens (including phenoxy) is 1. The molecule has 0 N–H and O–H groups in total. The van der Waals surface area contributed by atoms with Crippen LogP contribution in [0.3, 0.4) is 0 Å². The van der Waals surface area contributed by atoms with E-state index in [1.165, 1.54) is 0 Å². The molecule has 0 aliphatic carbocycles. The largest absolute Gasteiger partial charge is 0.461 e. The maximum Gasteiger partial charge on any atom is 0.331 e. The standard InChI is InChI=1S/C15H21NO2/c1-4-13(5-2)18-15(17)14(16-3)11-12-9-7-6-8-10-12/h6-10,13-14H,3-5,11H2,1-2H3/t14-/m0/s1. The Morgan fingerprint density at radius 3 is 2.39 bits per heavy atom. The molecule has 3 nitrogen and oxygen atoms in total. The van der Waals surface area contributed by atoms with Crippen molar-refractivity contribution >= 4 is 12.7 Å². The Kier molecular flexibility index (Phi) is 6.12. The normalized spacial score (nSPS) is 12.2. The molecule has 0 bridgehead atoms. The van der Waals surface area contributed by atoms with Crippen LogP contribution in [0.2, 0.25) is 0 Å². The number of carbonyl (C=O) groups excluding carboxylic acids is 1. The van der Waals surface area contributed by atoms with Crippen molar-refractivity contribution in [2.24, 2.45) is 4.99 Å². The summed E-state index contributed by atoms with van der Waals surface area (Å²) in [7, 11) is 0. The number of rotatable bonds is 7. The maximum absolute atomic E-state index is 12.0. The highest BCUT2D eigenvalue weighted by molar-refractivity contribution is 5.77. The predicted molar refractivity (Wildman–Crippen MR) is 73.9 cm³/mol. The Labute approximate surface area is 109 Å². The molecular weight excluding hydrogens is 226 g/mol. The molecule has 18 heavy (non-hydrogen) atoms. The first-order valence-corrected chi connectivity index (χ1v) is 6.41. The number of hydrogen-bond acceptors (Lipinski definition) is 3. The van der Waals surface area contributed by atoms with Crippen LogP contribution in [0.15, 0.2) is 35.3 Å². The van der Waals surface area contributed by atoms with Crippen LogP contribution in [0.5, 0.6) is 0 Å². The van der Waals surface area contributed by atoms with E-state index in [1.807, 2.05) is 44.2 Å². The van der Waals surface area contributed by atoms with Crippen LogP contribution in [0.4, 0.5) is 0 Å². The average molecular weight is 247 g/mol. The number of aliphatic imine (C=N–C) groups is 1. The third kappa shape index (κ3) is 4.32. The molecule has 0 heterocycles. The zero-order valence-corrected chi connectivity index (χ0v) is 11.1. The Bertz CT molecular complexity index is 371. The van der Waals surface area contributed by atoms with Gasteiger partial charge in [0.25, 0.3) is 0 Å². The molecule has 0 fully saturated rings. The Morgan fingerprint density at radius 2 is 1.89 bits per heavy atom. The number of nitrogens with zero attached hydrogens (tertiary/aromatic N) is 1. The minimum absolute atomic E-state index is 0.0162. The first-order chi connectivity index (χ1) is 8.71. The number of benzene rings is 1. The molecule has 0 saturated carbocycles. The second-order valence-corrected chi connectivity index (χ2v) is 4.26. The minimum Gasteiger partial charge on any atom is -0.461 e. The molecule has 1 aromatic rings. The Hall–Kier alpha value is -1.64. The lowest BCUT2D eigenvalue weighted by Gasteiger charge is -2.17. The fourth-order valence-electron chi connectivity index (χ4n) is 1.76. The predicted octanol–water partition coefficient (Wildman–Crippen LogP) is 3.03. The summed E-state index contributed by atoms with van der Waals surface area (Å²) in [6, 6.07) is 9.28. The van der Waals surface area contributed by atoms with Crippen molar-refractivity contribution in [3.05, 3.63) is 35.9 Å². The smallest absolute Gasteiger partial charge is 0.331 e. The van der Waals surface area contributed by atoms with Crippen molar-refractivity contribution in [3.8, 4) is 0 Å². The van der Waals surface area contributed by atoms with Crippen molar-refractivity contribution in [1.82, 2.24) is 0 Å². The molecule has 0 amide bonds. The molecule has 1 aromatic carbocycles. The lowest BCUT2D eigenvalue weighted by atomic mass is 10.1. The lowest BCUT2D eigenvalue weighted by molar-refractivity contribution is -0.150. The van der Waals surface area contributed by atoms with Gasteiger partial charge in [0, 0.05) is 6.42 Å². The lowest BCUT2D eigenvalue weighted by Crippen LogP contribution is -2.28.